The quantitative estimate of drug-likeness (QED) is 0.903. The molecule has 1 amide bonds. The molecule has 0 unspecified atom stereocenters. The van der Waals surface area contributed by atoms with E-state index in [1.165, 1.54) is 0 Å². The van der Waals surface area contributed by atoms with E-state index in [-0.39, 0.29) is 5.91 Å². The molecule has 1 N–H and O–H groups in total. The number of rotatable bonds is 5. The number of piperidine rings is 1. The van der Waals surface area contributed by atoms with Crippen LogP contribution in [0.4, 0.5) is 0 Å². The van der Waals surface area contributed by atoms with Crippen LogP contribution in [0.2, 0.25) is 0 Å². The van der Waals surface area contributed by atoms with E-state index in [0.29, 0.717) is 6.04 Å². The lowest BCUT2D eigenvalue weighted by molar-refractivity contribution is -0.139. The summed E-state index contributed by atoms with van der Waals surface area (Å²) in [7, 11) is 0. The highest BCUT2D eigenvalue weighted by molar-refractivity contribution is 5.87. The predicted octanol–water partition coefficient (Wildman–Crippen LogP) is 2.95. The number of hydrogen-bond donors (Lipinski definition) is 1. The number of hydrogen-bond acceptors (Lipinski definition) is 2. The first-order valence-electron chi connectivity index (χ1n) is 8.14. The number of amides is 1. The molecule has 3 nitrogen and oxygen atoms in total. The van der Waals surface area contributed by atoms with Gasteiger partial charge in [0.05, 0.1) is 5.41 Å². The van der Waals surface area contributed by atoms with Crippen molar-refractivity contribution >= 4 is 5.91 Å². The first-order valence-corrected chi connectivity index (χ1v) is 8.14. The zero-order valence-electron chi connectivity index (χ0n) is 13.6. The Bertz CT molecular complexity index is 450. The van der Waals surface area contributed by atoms with Gasteiger partial charge in [0, 0.05) is 12.6 Å². The molecule has 1 aromatic rings. The highest BCUT2D eigenvalue weighted by Crippen LogP contribution is 2.28. The van der Waals surface area contributed by atoms with E-state index in [2.05, 4.69) is 43.1 Å². The summed E-state index contributed by atoms with van der Waals surface area (Å²) in [6, 6.07) is 10.5. The lowest BCUT2D eigenvalue weighted by atomic mass is 9.82. The SMILES string of the molecule is CCCN(C(=O)C(C)(C)c1ccccc1)C1CCNCC1. The molecule has 0 radical (unpaired) electrons. The molecule has 1 saturated heterocycles. The van der Waals surface area contributed by atoms with Gasteiger partial charge in [-0.25, -0.2) is 0 Å². The fraction of sp³-hybridized carbons (Fsp3) is 0.611. The van der Waals surface area contributed by atoms with E-state index in [4.69, 9.17) is 0 Å². The normalized spacial score (nSPS) is 16.7. The smallest absolute Gasteiger partial charge is 0.232 e. The summed E-state index contributed by atoms with van der Waals surface area (Å²) in [5.74, 6) is 0.266. The highest BCUT2D eigenvalue weighted by atomic mass is 16.2. The van der Waals surface area contributed by atoms with Crippen LogP contribution in [0.1, 0.15) is 45.6 Å². The molecule has 0 saturated carbocycles. The van der Waals surface area contributed by atoms with Crippen LogP contribution >= 0.6 is 0 Å². The summed E-state index contributed by atoms with van der Waals surface area (Å²) in [6.45, 7) is 9.15. The van der Waals surface area contributed by atoms with Crippen molar-refractivity contribution in [3.8, 4) is 0 Å². The topological polar surface area (TPSA) is 32.3 Å². The fourth-order valence-electron chi connectivity index (χ4n) is 3.15. The summed E-state index contributed by atoms with van der Waals surface area (Å²) in [6.07, 6.45) is 3.15. The number of nitrogens with one attached hydrogen (secondary N) is 1. The van der Waals surface area contributed by atoms with E-state index in [1.54, 1.807) is 0 Å². The number of nitrogens with zero attached hydrogens (tertiary/aromatic N) is 1. The average molecular weight is 288 g/mol. The molecule has 1 fully saturated rings. The first-order chi connectivity index (χ1) is 10.1. The molecule has 2 rings (SSSR count). The van der Waals surface area contributed by atoms with Gasteiger partial charge in [-0.15, -0.1) is 0 Å². The lowest BCUT2D eigenvalue weighted by Crippen LogP contribution is -2.51. The van der Waals surface area contributed by atoms with Crippen LogP contribution in [0.15, 0.2) is 30.3 Å². The zero-order valence-corrected chi connectivity index (χ0v) is 13.6. The Morgan fingerprint density at radius 3 is 2.43 bits per heavy atom. The second kappa shape index (κ2) is 7.08. The second-order valence-electron chi connectivity index (χ2n) is 6.47. The van der Waals surface area contributed by atoms with Crippen LogP contribution in [0.5, 0.6) is 0 Å². The van der Waals surface area contributed by atoms with Gasteiger partial charge < -0.3 is 10.2 Å². The Balaban J connectivity index is 2.20. The van der Waals surface area contributed by atoms with Crippen molar-refractivity contribution in [2.75, 3.05) is 19.6 Å². The molecule has 1 aliphatic heterocycles. The number of benzene rings is 1. The Labute approximate surface area is 128 Å². The molecule has 0 bridgehead atoms. The third-order valence-electron chi connectivity index (χ3n) is 4.50. The monoisotopic (exact) mass is 288 g/mol. The maximum Gasteiger partial charge on any atom is 0.232 e. The summed E-state index contributed by atoms with van der Waals surface area (Å²) in [4.78, 5) is 15.3. The van der Waals surface area contributed by atoms with Gasteiger partial charge in [0.1, 0.15) is 0 Å². The molecule has 0 aliphatic carbocycles. The van der Waals surface area contributed by atoms with E-state index in [0.717, 1.165) is 44.5 Å². The van der Waals surface area contributed by atoms with Gasteiger partial charge in [-0.2, -0.15) is 0 Å². The molecule has 116 valence electrons. The molecule has 1 aromatic carbocycles. The van der Waals surface area contributed by atoms with Crippen LogP contribution in [0, 0.1) is 0 Å². The average Bonchev–Trinajstić information content (AvgIpc) is 2.53. The lowest BCUT2D eigenvalue weighted by Gasteiger charge is -2.39. The number of carbonyl (C=O) groups is 1. The first kappa shape index (κ1) is 16.0. The van der Waals surface area contributed by atoms with Crippen LogP contribution in [0.25, 0.3) is 0 Å². The van der Waals surface area contributed by atoms with Gasteiger partial charge in [-0.3, -0.25) is 4.79 Å². The van der Waals surface area contributed by atoms with Gasteiger partial charge in [0.15, 0.2) is 0 Å². The molecule has 0 atom stereocenters. The summed E-state index contributed by atoms with van der Waals surface area (Å²) in [5.41, 5.74) is 0.645. The molecular weight excluding hydrogens is 260 g/mol. The van der Waals surface area contributed by atoms with Gasteiger partial charge >= 0.3 is 0 Å². The standard InChI is InChI=1S/C18H28N2O/c1-4-14-20(16-10-12-19-13-11-16)17(21)18(2,3)15-8-6-5-7-9-15/h5-9,16,19H,4,10-14H2,1-3H3. The minimum absolute atomic E-state index is 0.266. The van der Waals surface area contributed by atoms with E-state index in [1.807, 2.05) is 18.2 Å². The second-order valence-corrected chi connectivity index (χ2v) is 6.47. The Hall–Kier alpha value is -1.35. The Kier molecular flexibility index (Phi) is 5.40. The summed E-state index contributed by atoms with van der Waals surface area (Å²) >= 11 is 0. The predicted molar refractivity (Wildman–Crippen MR) is 87.4 cm³/mol. The van der Waals surface area contributed by atoms with Gasteiger partial charge in [0.2, 0.25) is 5.91 Å². The molecule has 3 heteroatoms. The van der Waals surface area contributed by atoms with Crippen molar-refractivity contribution in [2.24, 2.45) is 0 Å². The Morgan fingerprint density at radius 2 is 1.86 bits per heavy atom. The van der Waals surface area contributed by atoms with Crippen LogP contribution < -0.4 is 5.32 Å². The summed E-state index contributed by atoms with van der Waals surface area (Å²) in [5, 5.41) is 3.38. The van der Waals surface area contributed by atoms with E-state index in [9.17, 15) is 4.79 Å². The van der Waals surface area contributed by atoms with Crippen molar-refractivity contribution in [3.05, 3.63) is 35.9 Å². The van der Waals surface area contributed by atoms with Crippen molar-refractivity contribution in [2.45, 2.75) is 51.5 Å². The van der Waals surface area contributed by atoms with Gasteiger partial charge in [-0.05, 0) is 51.8 Å². The van der Waals surface area contributed by atoms with E-state index >= 15 is 0 Å². The van der Waals surface area contributed by atoms with Crippen LogP contribution in [-0.4, -0.2) is 36.5 Å². The number of carbonyl (C=O) groups excluding carboxylic acids is 1. The van der Waals surface area contributed by atoms with Gasteiger partial charge in [-0.1, -0.05) is 37.3 Å². The maximum absolute atomic E-state index is 13.2. The molecule has 1 aliphatic rings. The maximum atomic E-state index is 13.2. The minimum Gasteiger partial charge on any atom is -0.339 e. The fourth-order valence-corrected chi connectivity index (χ4v) is 3.15. The van der Waals surface area contributed by atoms with Crippen molar-refractivity contribution in [3.63, 3.8) is 0 Å². The minimum atomic E-state index is -0.457. The van der Waals surface area contributed by atoms with Crippen molar-refractivity contribution in [1.29, 1.82) is 0 Å². The van der Waals surface area contributed by atoms with Crippen LogP contribution in [0.3, 0.4) is 0 Å². The van der Waals surface area contributed by atoms with Gasteiger partial charge in [0.25, 0.3) is 0 Å². The van der Waals surface area contributed by atoms with Crippen molar-refractivity contribution in [1.82, 2.24) is 10.2 Å². The third kappa shape index (κ3) is 3.65. The summed E-state index contributed by atoms with van der Waals surface area (Å²) < 4.78 is 0. The largest absolute Gasteiger partial charge is 0.339 e. The molecule has 1 heterocycles. The third-order valence-corrected chi connectivity index (χ3v) is 4.50. The molecule has 0 aromatic heterocycles. The molecular formula is C18H28N2O. The molecule has 0 spiro atoms. The zero-order chi connectivity index (χ0) is 15.3. The van der Waals surface area contributed by atoms with Crippen LogP contribution in [-0.2, 0) is 10.2 Å². The Morgan fingerprint density at radius 1 is 1.24 bits per heavy atom. The highest BCUT2D eigenvalue weighted by Gasteiger charge is 2.36. The van der Waals surface area contributed by atoms with Crippen molar-refractivity contribution < 1.29 is 4.79 Å². The molecule has 21 heavy (non-hydrogen) atoms. The van der Waals surface area contributed by atoms with E-state index < -0.39 is 5.41 Å².